The van der Waals surface area contributed by atoms with E-state index in [1.54, 1.807) is 0 Å². The Morgan fingerprint density at radius 1 is 0.429 bits per heavy atom. The summed E-state index contributed by atoms with van der Waals surface area (Å²) >= 11 is 0. The molecule has 28 heavy (non-hydrogen) atoms. The van der Waals surface area contributed by atoms with E-state index >= 15 is 0 Å². The number of benzene rings is 1. The lowest BCUT2D eigenvalue weighted by atomic mass is 10.0. The second-order valence-electron chi connectivity index (χ2n) is 12.1. The quantitative estimate of drug-likeness (QED) is 0.535. The van der Waals surface area contributed by atoms with Gasteiger partial charge in [0.1, 0.15) is 0 Å². The molecule has 2 aliphatic heterocycles. The largest absolute Gasteiger partial charge is 0.335 e. The highest BCUT2D eigenvalue weighted by Gasteiger charge is 2.44. The van der Waals surface area contributed by atoms with Gasteiger partial charge in [0, 0.05) is 22.2 Å². The number of anilines is 4. The van der Waals surface area contributed by atoms with Crippen molar-refractivity contribution in [2.24, 2.45) is 0 Å². The van der Waals surface area contributed by atoms with E-state index < -0.39 is 0 Å². The highest BCUT2D eigenvalue weighted by molar-refractivity contribution is 5.93. The van der Waals surface area contributed by atoms with Crippen molar-refractivity contribution in [2.75, 3.05) is 19.6 Å². The molecule has 0 aliphatic carbocycles. The lowest BCUT2D eigenvalue weighted by Crippen LogP contribution is -2.45. The van der Waals surface area contributed by atoms with Crippen LogP contribution in [-0.4, -0.2) is 22.2 Å². The van der Waals surface area contributed by atoms with Crippen molar-refractivity contribution in [1.29, 1.82) is 0 Å². The fourth-order valence-corrected chi connectivity index (χ4v) is 3.73. The van der Waals surface area contributed by atoms with Crippen molar-refractivity contribution in [3.05, 3.63) is 25.5 Å². The molecule has 0 aromatic heterocycles. The molecule has 0 spiro atoms. The minimum atomic E-state index is -0.0503. The molecule has 0 fully saturated rings. The number of rotatable bonds is 0. The summed E-state index contributed by atoms with van der Waals surface area (Å²) in [5.41, 5.74) is 4.66. The second-order valence-corrected chi connectivity index (χ2v) is 12.1. The summed E-state index contributed by atoms with van der Waals surface area (Å²) in [6.07, 6.45) is 0. The summed E-state index contributed by atoms with van der Waals surface area (Å²) in [7, 11) is 0. The van der Waals surface area contributed by atoms with Crippen LogP contribution >= 0.6 is 0 Å². The molecule has 2 aliphatic rings. The average molecular weight is 383 g/mol. The molecule has 2 heterocycles. The molecule has 0 saturated carbocycles. The van der Waals surface area contributed by atoms with Crippen LogP contribution in [0.5, 0.6) is 0 Å². The summed E-state index contributed by atoms with van der Waals surface area (Å²) in [5.74, 6) is 0. The Balaban J connectivity index is 2.25. The van der Waals surface area contributed by atoms with Crippen LogP contribution in [0.25, 0.3) is 0 Å². The van der Waals surface area contributed by atoms with E-state index in [1.165, 1.54) is 22.7 Å². The van der Waals surface area contributed by atoms with Gasteiger partial charge in [0.15, 0.2) is 0 Å². The van der Waals surface area contributed by atoms with E-state index in [1.807, 2.05) is 0 Å². The molecule has 4 heteroatoms. The van der Waals surface area contributed by atoms with Gasteiger partial charge in [-0.1, -0.05) is 0 Å². The second kappa shape index (κ2) is 5.96. The molecule has 1 aromatic carbocycles. The first-order chi connectivity index (χ1) is 12.4. The predicted molar refractivity (Wildman–Crippen MR) is 122 cm³/mol. The van der Waals surface area contributed by atoms with Crippen molar-refractivity contribution in [3.8, 4) is 0 Å². The van der Waals surface area contributed by atoms with Crippen LogP contribution in [0.3, 0.4) is 0 Å². The summed E-state index contributed by atoms with van der Waals surface area (Å²) in [6.45, 7) is 34.2. The van der Waals surface area contributed by atoms with Crippen LogP contribution in [0.2, 0.25) is 0 Å². The smallest absolute Gasteiger partial charge is 0.209 e. The molecule has 0 unspecified atom stereocenters. The fourth-order valence-electron chi connectivity index (χ4n) is 3.73. The Kier molecular flexibility index (Phi) is 4.50. The van der Waals surface area contributed by atoms with Gasteiger partial charge in [-0.25, -0.2) is 0 Å². The lowest BCUT2D eigenvalue weighted by molar-refractivity contribution is 0.496. The first kappa shape index (κ1) is 21.1. The zero-order valence-corrected chi connectivity index (χ0v) is 19.9. The van der Waals surface area contributed by atoms with Crippen LogP contribution in [-0.2, 0) is 0 Å². The number of nitrogens with zero attached hydrogens (tertiary/aromatic N) is 4. The van der Waals surface area contributed by atoms with Gasteiger partial charge in [-0.05, 0) is 95.2 Å². The van der Waals surface area contributed by atoms with E-state index in [-0.39, 0.29) is 22.2 Å². The fraction of sp³-hybridized carbons (Fsp3) is 0.667. The number of fused-ring (bicyclic) bond motifs is 2. The normalized spacial score (nSPS) is 18.1. The Labute approximate surface area is 173 Å². The molecular formula is C24H38N4. The highest BCUT2D eigenvalue weighted by Crippen LogP contribution is 2.54. The molecule has 0 amide bonds. The van der Waals surface area contributed by atoms with Crippen molar-refractivity contribution < 1.29 is 0 Å². The maximum atomic E-state index is 3.66. The van der Waals surface area contributed by atoms with Gasteiger partial charge >= 0.3 is 0 Å². The van der Waals surface area contributed by atoms with E-state index in [0.29, 0.717) is 0 Å². The van der Waals surface area contributed by atoms with Gasteiger partial charge in [-0.3, -0.25) is 0 Å². The van der Waals surface area contributed by atoms with Gasteiger partial charge < -0.3 is 19.6 Å². The lowest BCUT2D eigenvalue weighted by Gasteiger charge is -2.37. The maximum Gasteiger partial charge on any atom is 0.209 e. The molecule has 0 bridgehead atoms. The van der Waals surface area contributed by atoms with Crippen molar-refractivity contribution in [3.63, 3.8) is 0 Å². The van der Waals surface area contributed by atoms with E-state index in [9.17, 15) is 0 Å². The van der Waals surface area contributed by atoms with Gasteiger partial charge in [0.05, 0.1) is 22.7 Å². The first-order valence-corrected chi connectivity index (χ1v) is 10.3. The first-order valence-electron chi connectivity index (χ1n) is 10.3. The van der Waals surface area contributed by atoms with E-state index in [4.69, 9.17) is 0 Å². The summed E-state index contributed by atoms with van der Waals surface area (Å²) in [6, 6.07) is 4.66. The third-order valence-electron chi connectivity index (χ3n) is 5.12. The van der Waals surface area contributed by atoms with Crippen LogP contribution < -0.4 is 19.6 Å². The zero-order chi connectivity index (χ0) is 21.4. The van der Waals surface area contributed by atoms with Crippen LogP contribution in [0.1, 0.15) is 83.1 Å². The summed E-state index contributed by atoms with van der Waals surface area (Å²) in [4.78, 5) is 9.14. The SMILES string of the molecule is CC(C)(C)N1[C]N(C(C)(C)C)c2cc3c(cc21)N(C(C)(C)C)[C]N3C(C)(C)C. The Hall–Kier alpha value is -1.58. The van der Waals surface area contributed by atoms with Crippen LogP contribution in [0.15, 0.2) is 12.1 Å². The van der Waals surface area contributed by atoms with E-state index in [2.05, 4.69) is 128 Å². The molecule has 0 atom stereocenters. The summed E-state index contributed by atoms with van der Waals surface area (Å²) in [5, 5.41) is 0. The van der Waals surface area contributed by atoms with Crippen LogP contribution in [0, 0.1) is 13.3 Å². The van der Waals surface area contributed by atoms with Gasteiger partial charge in [0.25, 0.3) is 0 Å². The number of hydrogen-bond donors (Lipinski definition) is 0. The summed E-state index contributed by atoms with van der Waals surface area (Å²) < 4.78 is 0. The Morgan fingerprint density at radius 3 is 0.750 bits per heavy atom. The topological polar surface area (TPSA) is 13.0 Å². The molecule has 4 nitrogen and oxygen atoms in total. The van der Waals surface area contributed by atoms with Crippen molar-refractivity contribution >= 4 is 22.7 Å². The zero-order valence-electron chi connectivity index (χ0n) is 19.9. The molecule has 4 radical (unpaired) electrons. The van der Waals surface area contributed by atoms with Gasteiger partial charge in [-0.2, -0.15) is 0 Å². The monoisotopic (exact) mass is 382 g/mol. The highest BCUT2D eigenvalue weighted by atomic mass is 15.4. The van der Waals surface area contributed by atoms with Gasteiger partial charge in [0.2, 0.25) is 13.3 Å². The molecule has 0 N–H and O–H groups in total. The van der Waals surface area contributed by atoms with Crippen molar-refractivity contribution in [1.82, 2.24) is 0 Å². The van der Waals surface area contributed by atoms with E-state index in [0.717, 1.165) is 0 Å². The van der Waals surface area contributed by atoms with Crippen LogP contribution in [0.4, 0.5) is 22.7 Å². The minimum Gasteiger partial charge on any atom is -0.335 e. The molecule has 1 aromatic rings. The third kappa shape index (κ3) is 3.44. The average Bonchev–Trinajstić information content (AvgIpc) is 3.00. The van der Waals surface area contributed by atoms with Crippen molar-refractivity contribution in [2.45, 2.75) is 105 Å². The minimum absolute atomic E-state index is 0.0503. The molecule has 3 rings (SSSR count). The molecule has 0 saturated heterocycles. The Morgan fingerprint density at radius 2 is 0.607 bits per heavy atom. The predicted octanol–water partition coefficient (Wildman–Crippen LogP) is 6.13. The van der Waals surface area contributed by atoms with Gasteiger partial charge in [-0.15, -0.1) is 0 Å². The molecular weight excluding hydrogens is 344 g/mol. The maximum absolute atomic E-state index is 3.66. The molecule has 154 valence electrons. The Bertz CT molecular complexity index is 629. The number of hydrogen-bond acceptors (Lipinski definition) is 4. The third-order valence-corrected chi connectivity index (χ3v) is 5.12. The standard InChI is InChI=1S/C24H38N4/c1-21(2,3)25-15-26(22(4,5)6)18-14-20-19(13-17(18)25)27(23(7,8)9)16-28(20)24(10,11)12/h13-14H,1-12H3.